The Morgan fingerprint density at radius 3 is 1.28 bits per heavy atom. The molecule has 10 heteroatoms. The van der Waals surface area contributed by atoms with E-state index >= 15 is 0 Å². The number of rotatable bonds is 20. The molecule has 0 aromatic carbocycles. The van der Waals surface area contributed by atoms with Crippen molar-refractivity contribution in [2.75, 3.05) is 6.54 Å². The minimum atomic E-state index is -1.38. The van der Waals surface area contributed by atoms with E-state index in [-0.39, 0.29) is 18.7 Å². The molecule has 5 N–H and O–H groups in total. The lowest BCUT2D eigenvalue weighted by atomic mass is 10.0. The summed E-state index contributed by atoms with van der Waals surface area (Å²) in [6.07, 6.45) is 17.3. The van der Waals surface area contributed by atoms with Crippen molar-refractivity contribution >= 4 is 29.6 Å². The summed E-state index contributed by atoms with van der Waals surface area (Å²) < 4.78 is 0. The van der Waals surface area contributed by atoms with Crippen molar-refractivity contribution in [1.29, 1.82) is 0 Å². The van der Waals surface area contributed by atoms with E-state index < -0.39 is 29.8 Å². The first-order valence-corrected chi connectivity index (χ1v) is 13.1. The van der Waals surface area contributed by atoms with Crippen molar-refractivity contribution in [2.45, 2.75) is 130 Å². The average molecular weight is 520 g/mol. The van der Waals surface area contributed by atoms with Crippen LogP contribution >= 0.6 is 0 Å². The summed E-state index contributed by atoms with van der Waals surface area (Å²) in [6.45, 7) is 5.14. The van der Waals surface area contributed by atoms with Gasteiger partial charge < -0.3 is 25.7 Å². The van der Waals surface area contributed by atoms with Gasteiger partial charge in [0.05, 0.1) is 6.42 Å². The molecule has 1 amide bonds. The first kappa shape index (κ1) is 38.0. The highest BCUT2D eigenvalue weighted by atomic mass is 16.4. The van der Waals surface area contributed by atoms with E-state index in [0.717, 1.165) is 19.8 Å². The van der Waals surface area contributed by atoms with Gasteiger partial charge in [0.2, 0.25) is 11.7 Å². The largest absolute Gasteiger partial charge is 0.481 e. The van der Waals surface area contributed by atoms with Crippen LogP contribution in [0.1, 0.15) is 124 Å². The Kier molecular flexibility index (Phi) is 30.4. The van der Waals surface area contributed by atoms with Crippen molar-refractivity contribution in [3.05, 3.63) is 0 Å². The Hall–Kier alpha value is -2.49. The molecule has 0 spiro atoms. The van der Waals surface area contributed by atoms with Gasteiger partial charge >= 0.3 is 17.9 Å². The van der Waals surface area contributed by atoms with Crippen molar-refractivity contribution in [1.82, 2.24) is 5.32 Å². The summed E-state index contributed by atoms with van der Waals surface area (Å²) in [5, 5.41) is 34.7. The van der Waals surface area contributed by atoms with E-state index in [9.17, 15) is 24.0 Å². The van der Waals surface area contributed by atoms with Crippen LogP contribution in [0.15, 0.2) is 0 Å². The fourth-order valence-corrected chi connectivity index (χ4v) is 2.86. The number of amides is 1. The van der Waals surface area contributed by atoms with Gasteiger partial charge in [-0.15, -0.1) is 0 Å². The van der Waals surface area contributed by atoms with Crippen LogP contribution in [0.25, 0.3) is 0 Å². The molecular weight excluding hydrogens is 470 g/mol. The molecular formula is C26H49NO9. The highest BCUT2D eigenvalue weighted by Gasteiger charge is 2.04. The maximum Gasteiger partial charge on any atom is 0.371 e. The van der Waals surface area contributed by atoms with Gasteiger partial charge in [0, 0.05) is 19.9 Å². The Morgan fingerprint density at radius 1 is 0.667 bits per heavy atom. The smallest absolute Gasteiger partial charge is 0.371 e. The number of aliphatic hydroxyl groups excluding tert-OH is 1. The molecule has 0 aliphatic carbocycles. The SMILES string of the molecule is CC(=O)C(=O)O.CC(O)C(=O)O.CCCCCCCCCCCCCCCCNC(=O)CCC(=O)O. The van der Waals surface area contributed by atoms with Gasteiger partial charge in [0.25, 0.3) is 0 Å². The first-order valence-electron chi connectivity index (χ1n) is 13.1. The Labute approximate surface area is 215 Å². The molecule has 0 aliphatic rings. The zero-order chi connectivity index (χ0) is 28.2. The molecule has 0 bridgehead atoms. The van der Waals surface area contributed by atoms with Crippen LogP contribution in [-0.2, 0) is 24.0 Å². The normalized spacial score (nSPS) is 10.7. The minimum absolute atomic E-state index is 0.0788. The van der Waals surface area contributed by atoms with Crippen LogP contribution in [0.5, 0.6) is 0 Å². The topological polar surface area (TPSA) is 178 Å². The van der Waals surface area contributed by atoms with Gasteiger partial charge in [-0.2, -0.15) is 0 Å². The third-order valence-electron chi connectivity index (χ3n) is 5.08. The Balaban J connectivity index is -0.000000742. The Bertz CT molecular complexity index is 580. The molecule has 1 atom stereocenters. The van der Waals surface area contributed by atoms with Crippen molar-refractivity contribution in [3.63, 3.8) is 0 Å². The lowest BCUT2D eigenvalue weighted by molar-refractivity contribution is -0.148. The molecule has 0 rings (SSSR count). The molecule has 0 radical (unpaired) electrons. The standard InChI is InChI=1S/C20H39NO3.C3H6O3.C3H4O3/c1-2-3-4-5-6-7-8-9-10-11-12-13-14-15-18-21-19(22)16-17-20(23)24;2*1-2(4)3(5)6/h2-18H2,1H3,(H,21,22)(H,23,24);2,4H,1H3,(H,5,6);1H3,(H,5,6). The second-order valence-corrected chi connectivity index (χ2v) is 8.72. The van der Waals surface area contributed by atoms with Crippen molar-refractivity contribution in [2.24, 2.45) is 0 Å². The lowest BCUT2D eigenvalue weighted by Gasteiger charge is -2.05. The number of carboxylic acid groups (broad SMARTS) is 3. The quantitative estimate of drug-likeness (QED) is 0.114. The van der Waals surface area contributed by atoms with Crippen LogP contribution in [0, 0.1) is 0 Å². The molecule has 0 aliphatic heterocycles. The molecule has 0 saturated carbocycles. The number of carboxylic acids is 3. The van der Waals surface area contributed by atoms with E-state index in [1.54, 1.807) is 0 Å². The van der Waals surface area contributed by atoms with E-state index in [4.69, 9.17) is 20.4 Å². The molecule has 0 saturated heterocycles. The molecule has 36 heavy (non-hydrogen) atoms. The molecule has 1 unspecified atom stereocenters. The molecule has 0 heterocycles. The fraction of sp³-hybridized carbons (Fsp3) is 0.808. The van der Waals surface area contributed by atoms with Crippen LogP contribution in [0.4, 0.5) is 0 Å². The van der Waals surface area contributed by atoms with Crippen LogP contribution in [-0.4, -0.2) is 62.7 Å². The number of carbonyl (C=O) groups excluding carboxylic acids is 2. The molecule has 0 aromatic heterocycles. The maximum absolute atomic E-state index is 11.3. The number of aliphatic carboxylic acids is 3. The summed E-state index contributed by atoms with van der Waals surface area (Å²) in [4.78, 5) is 50.0. The maximum atomic E-state index is 11.3. The molecule has 10 nitrogen and oxygen atoms in total. The number of nitrogens with one attached hydrogen (secondary N) is 1. The highest BCUT2D eigenvalue weighted by Crippen LogP contribution is 2.12. The molecule has 0 fully saturated rings. The van der Waals surface area contributed by atoms with E-state index in [1.165, 1.54) is 84.0 Å². The predicted molar refractivity (Wildman–Crippen MR) is 138 cm³/mol. The third kappa shape index (κ3) is 38.8. The second-order valence-electron chi connectivity index (χ2n) is 8.72. The third-order valence-corrected chi connectivity index (χ3v) is 5.08. The number of ketones is 1. The summed E-state index contributed by atoms with van der Waals surface area (Å²) in [5.41, 5.74) is 0. The van der Waals surface area contributed by atoms with Crippen molar-refractivity contribution < 1.29 is 44.4 Å². The van der Waals surface area contributed by atoms with Gasteiger partial charge in [-0.25, -0.2) is 9.59 Å². The van der Waals surface area contributed by atoms with Crippen LogP contribution in [0.2, 0.25) is 0 Å². The van der Waals surface area contributed by atoms with Crippen LogP contribution < -0.4 is 5.32 Å². The highest BCUT2D eigenvalue weighted by molar-refractivity contribution is 6.31. The number of carbonyl (C=O) groups is 5. The minimum Gasteiger partial charge on any atom is -0.481 e. The van der Waals surface area contributed by atoms with Gasteiger partial charge in [-0.1, -0.05) is 90.4 Å². The van der Waals surface area contributed by atoms with Gasteiger partial charge in [0.15, 0.2) is 0 Å². The van der Waals surface area contributed by atoms with E-state index in [1.807, 2.05) is 0 Å². The monoisotopic (exact) mass is 519 g/mol. The van der Waals surface area contributed by atoms with Gasteiger partial charge in [-0.3, -0.25) is 14.4 Å². The van der Waals surface area contributed by atoms with E-state index in [2.05, 4.69) is 12.2 Å². The average Bonchev–Trinajstić information content (AvgIpc) is 2.80. The number of Topliss-reactive ketones (excluding diaryl/α,β-unsaturated/α-hetero) is 1. The first-order chi connectivity index (χ1) is 16.9. The fourth-order valence-electron chi connectivity index (χ4n) is 2.86. The summed E-state index contributed by atoms with van der Waals surface area (Å²) in [7, 11) is 0. The lowest BCUT2D eigenvalue weighted by Crippen LogP contribution is -2.24. The van der Waals surface area contributed by atoms with E-state index in [0.29, 0.717) is 6.54 Å². The van der Waals surface area contributed by atoms with Crippen LogP contribution in [0.3, 0.4) is 0 Å². The summed E-state index contributed by atoms with van der Waals surface area (Å²) in [6, 6.07) is 0. The number of hydrogen-bond acceptors (Lipinski definition) is 6. The number of aliphatic hydroxyl groups is 1. The second kappa shape index (κ2) is 28.7. The summed E-state index contributed by atoms with van der Waals surface area (Å²) >= 11 is 0. The number of unbranched alkanes of at least 4 members (excludes halogenated alkanes) is 13. The van der Waals surface area contributed by atoms with Gasteiger partial charge in [0.1, 0.15) is 6.10 Å². The molecule has 212 valence electrons. The number of hydrogen-bond donors (Lipinski definition) is 5. The zero-order valence-electron chi connectivity index (χ0n) is 22.4. The van der Waals surface area contributed by atoms with Gasteiger partial charge in [-0.05, 0) is 13.3 Å². The predicted octanol–water partition coefficient (Wildman–Crippen LogP) is 4.56. The van der Waals surface area contributed by atoms with Crippen molar-refractivity contribution in [3.8, 4) is 0 Å². The summed E-state index contributed by atoms with van der Waals surface area (Å²) in [5.74, 6) is -4.45. The zero-order valence-corrected chi connectivity index (χ0v) is 22.4. The Morgan fingerprint density at radius 2 is 1.00 bits per heavy atom. The molecule has 0 aromatic rings.